The van der Waals surface area contributed by atoms with Crippen molar-refractivity contribution in [2.24, 2.45) is 0 Å². The molecule has 3 heteroatoms. The van der Waals surface area contributed by atoms with Gasteiger partial charge in [-0.2, -0.15) is 0 Å². The lowest BCUT2D eigenvalue weighted by Crippen LogP contribution is -1.99. The predicted molar refractivity (Wildman–Crippen MR) is 26.8 cm³/mol. The minimum absolute atomic E-state index is 0.616. The molecule has 0 radical (unpaired) electrons. The molecule has 7 heavy (non-hydrogen) atoms. The molecule has 0 fully saturated rings. The van der Waals surface area contributed by atoms with Crippen LogP contribution < -0.4 is 0 Å². The summed E-state index contributed by atoms with van der Waals surface area (Å²) in [5, 5.41) is 15.1. The van der Waals surface area contributed by atoms with Crippen LogP contribution in [0.2, 0.25) is 0 Å². The molecule has 0 aliphatic carbocycles. The average Bonchev–Trinajstić information content (AvgIpc) is 1.73. The Labute approximate surface area is 43.5 Å². The normalized spacial score (nSPS) is 11.6. The van der Waals surface area contributed by atoms with Crippen molar-refractivity contribution in [3.05, 3.63) is 0 Å². The molecule has 46 valence electrons. The van der Waals surface area contributed by atoms with Gasteiger partial charge in [-0.3, -0.25) is 0 Å². The number of aliphatic hydroxyl groups is 2. The number of hydrogen-bond donors (Lipinski definition) is 2. The number of rotatable bonds is 1. The quantitative estimate of drug-likeness (QED) is 0.448. The van der Waals surface area contributed by atoms with Crippen LogP contribution in [0.1, 0.15) is 6.92 Å². The smallest absolute Gasteiger partial charge is 0.151 e. The van der Waals surface area contributed by atoms with E-state index in [1.54, 1.807) is 6.92 Å². The van der Waals surface area contributed by atoms with Gasteiger partial charge >= 0.3 is 0 Å². The van der Waals surface area contributed by atoms with Crippen LogP contribution in [0.5, 0.6) is 0 Å². The summed E-state index contributed by atoms with van der Waals surface area (Å²) in [6.07, 6.45) is -0.616. The third-order valence-electron chi connectivity index (χ3n) is 0.341. The summed E-state index contributed by atoms with van der Waals surface area (Å²) in [5.74, 6) is 0. The minimum atomic E-state index is -0.616. The summed E-state index contributed by atoms with van der Waals surface area (Å²) in [7, 11) is 2.45. The average molecular weight is 108 g/mol. The highest BCUT2D eigenvalue weighted by Crippen LogP contribution is 1.72. The number of ether oxygens (including phenoxy) is 1. The Hall–Kier alpha value is -0.120. The van der Waals surface area contributed by atoms with Crippen molar-refractivity contribution in [2.75, 3.05) is 14.2 Å². The summed E-state index contributed by atoms with van der Waals surface area (Å²) in [5.41, 5.74) is 0. The van der Waals surface area contributed by atoms with Crippen LogP contribution in [0, 0.1) is 0 Å². The third kappa shape index (κ3) is 25.0. The van der Waals surface area contributed by atoms with E-state index in [0.717, 1.165) is 7.11 Å². The van der Waals surface area contributed by atoms with Crippen molar-refractivity contribution in [2.45, 2.75) is 13.2 Å². The predicted octanol–water partition coefficient (Wildman–Crippen LogP) is -0.420. The fraction of sp³-hybridized carbons (Fsp3) is 1.00. The Morgan fingerprint density at radius 3 is 1.57 bits per heavy atom. The lowest BCUT2D eigenvalue weighted by Gasteiger charge is -1.94. The molecule has 0 aliphatic heterocycles. The maximum absolute atomic E-state index is 8.14. The molecule has 2 N–H and O–H groups in total. The molecule has 1 atom stereocenters. The third-order valence-corrected chi connectivity index (χ3v) is 0.341. The minimum Gasteiger partial charge on any atom is -0.400 e. The zero-order valence-electron chi connectivity index (χ0n) is 4.88. The maximum atomic E-state index is 8.14. The molecule has 0 aromatic carbocycles. The molecule has 0 aromatic rings. The highest BCUT2D eigenvalue weighted by molar-refractivity contribution is 4.10. The Balaban J connectivity index is 0. The van der Waals surface area contributed by atoms with Crippen molar-refractivity contribution >= 4 is 0 Å². The SMILES string of the molecule is CO.COC(C)O. The zero-order chi connectivity index (χ0) is 6.28. The molecule has 0 aromatic heterocycles. The van der Waals surface area contributed by atoms with E-state index in [9.17, 15) is 0 Å². The molecule has 0 saturated heterocycles. The van der Waals surface area contributed by atoms with E-state index in [4.69, 9.17) is 10.2 Å². The van der Waals surface area contributed by atoms with Crippen LogP contribution >= 0.6 is 0 Å². The van der Waals surface area contributed by atoms with Gasteiger partial charge in [0.1, 0.15) is 0 Å². The second-order valence-corrected chi connectivity index (χ2v) is 0.835. The standard InChI is InChI=1S/C3H8O2.CH4O/c1-3(4)5-2;1-2/h3-4H,1-2H3;2H,1H3. The first-order valence-electron chi connectivity index (χ1n) is 1.93. The van der Waals surface area contributed by atoms with E-state index >= 15 is 0 Å². The van der Waals surface area contributed by atoms with Gasteiger partial charge in [-0.25, -0.2) is 0 Å². The fourth-order valence-corrected chi connectivity index (χ4v) is 0. The lowest BCUT2D eigenvalue weighted by molar-refractivity contribution is -0.0583. The first-order valence-corrected chi connectivity index (χ1v) is 1.93. The van der Waals surface area contributed by atoms with Crippen molar-refractivity contribution in [1.29, 1.82) is 0 Å². The molecule has 3 nitrogen and oxygen atoms in total. The first-order chi connectivity index (χ1) is 3.27. The highest BCUT2D eigenvalue weighted by Gasteiger charge is 1.80. The van der Waals surface area contributed by atoms with Crippen molar-refractivity contribution in [3.8, 4) is 0 Å². The van der Waals surface area contributed by atoms with Gasteiger partial charge < -0.3 is 14.9 Å². The molecule has 0 rings (SSSR count). The van der Waals surface area contributed by atoms with E-state index in [1.165, 1.54) is 7.11 Å². The van der Waals surface area contributed by atoms with E-state index in [0.29, 0.717) is 0 Å². The number of methoxy groups -OCH3 is 1. The van der Waals surface area contributed by atoms with E-state index < -0.39 is 6.29 Å². The van der Waals surface area contributed by atoms with Crippen LogP contribution in [0.15, 0.2) is 0 Å². The van der Waals surface area contributed by atoms with Crippen LogP contribution in [-0.4, -0.2) is 30.7 Å². The van der Waals surface area contributed by atoms with Crippen LogP contribution in [-0.2, 0) is 4.74 Å². The van der Waals surface area contributed by atoms with Gasteiger partial charge in [0.2, 0.25) is 0 Å². The number of hydrogen-bond acceptors (Lipinski definition) is 3. The monoisotopic (exact) mass is 108 g/mol. The Morgan fingerprint density at radius 1 is 1.43 bits per heavy atom. The molecule has 1 unspecified atom stereocenters. The summed E-state index contributed by atoms with van der Waals surface area (Å²) >= 11 is 0. The molecule has 0 spiro atoms. The van der Waals surface area contributed by atoms with Crippen molar-refractivity contribution in [1.82, 2.24) is 0 Å². The van der Waals surface area contributed by atoms with Crippen LogP contribution in [0.3, 0.4) is 0 Å². The molecule has 0 amide bonds. The second-order valence-electron chi connectivity index (χ2n) is 0.835. The van der Waals surface area contributed by atoms with E-state index in [-0.39, 0.29) is 0 Å². The van der Waals surface area contributed by atoms with Gasteiger partial charge in [0.25, 0.3) is 0 Å². The fourth-order valence-electron chi connectivity index (χ4n) is 0. The summed E-state index contributed by atoms with van der Waals surface area (Å²) in [6, 6.07) is 0. The second kappa shape index (κ2) is 9.30. The molecule has 0 saturated carbocycles. The van der Waals surface area contributed by atoms with Gasteiger partial charge in [0.15, 0.2) is 6.29 Å². The van der Waals surface area contributed by atoms with Crippen molar-refractivity contribution in [3.63, 3.8) is 0 Å². The maximum Gasteiger partial charge on any atom is 0.151 e. The topological polar surface area (TPSA) is 49.7 Å². The Morgan fingerprint density at radius 2 is 1.57 bits per heavy atom. The molecular weight excluding hydrogens is 96.0 g/mol. The lowest BCUT2D eigenvalue weighted by atomic mass is 10.8. The van der Waals surface area contributed by atoms with Crippen molar-refractivity contribution < 1.29 is 14.9 Å². The largest absolute Gasteiger partial charge is 0.400 e. The summed E-state index contributed by atoms with van der Waals surface area (Å²) in [6.45, 7) is 1.56. The van der Waals surface area contributed by atoms with Crippen LogP contribution in [0.25, 0.3) is 0 Å². The highest BCUT2D eigenvalue weighted by atomic mass is 16.6. The van der Waals surface area contributed by atoms with Gasteiger partial charge in [-0.1, -0.05) is 0 Å². The van der Waals surface area contributed by atoms with E-state index in [1.807, 2.05) is 0 Å². The van der Waals surface area contributed by atoms with Gasteiger partial charge in [-0.05, 0) is 6.92 Å². The molecule has 0 bridgehead atoms. The summed E-state index contributed by atoms with van der Waals surface area (Å²) in [4.78, 5) is 0. The summed E-state index contributed by atoms with van der Waals surface area (Å²) < 4.78 is 4.31. The Bertz CT molecular complexity index is 20.9. The Kier molecular flexibility index (Phi) is 13.3. The zero-order valence-corrected chi connectivity index (χ0v) is 4.88. The first kappa shape index (κ1) is 9.99. The van der Waals surface area contributed by atoms with Gasteiger partial charge in [0, 0.05) is 14.2 Å². The van der Waals surface area contributed by atoms with Gasteiger partial charge in [-0.15, -0.1) is 0 Å². The number of aliphatic hydroxyl groups excluding tert-OH is 2. The molecule has 0 heterocycles. The van der Waals surface area contributed by atoms with E-state index in [2.05, 4.69) is 4.74 Å². The van der Waals surface area contributed by atoms with Crippen LogP contribution in [0.4, 0.5) is 0 Å². The van der Waals surface area contributed by atoms with Gasteiger partial charge in [0.05, 0.1) is 0 Å². The molecule has 0 aliphatic rings. The molecular formula is C4H12O3.